The van der Waals surface area contributed by atoms with Gasteiger partial charge >= 0.3 is 18.0 Å². The summed E-state index contributed by atoms with van der Waals surface area (Å²) in [6, 6.07) is 27.7. The van der Waals surface area contributed by atoms with Gasteiger partial charge in [-0.05, 0) is 144 Å². The van der Waals surface area contributed by atoms with Crippen LogP contribution in [0.1, 0.15) is 116 Å². The van der Waals surface area contributed by atoms with Gasteiger partial charge in [-0.15, -0.1) is 0 Å². The molecule has 8 aromatic rings. The van der Waals surface area contributed by atoms with Crippen molar-refractivity contribution >= 4 is 63.5 Å². The number of hydrogen-bond acceptors (Lipinski definition) is 15. The number of rotatable bonds is 14. The Morgan fingerprint density at radius 2 is 1.01 bits per heavy atom. The van der Waals surface area contributed by atoms with Gasteiger partial charge in [0.15, 0.2) is 23.3 Å². The molecule has 2 aliphatic heterocycles. The smallest absolute Gasteiger partial charge is 0.408 e. The van der Waals surface area contributed by atoms with E-state index in [2.05, 4.69) is 25.3 Å². The van der Waals surface area contributed by atoms with Crippen molar-refractivity contribution in [2.75, 3.05) is 11.5 Å². The van der Waals surface area contributed by atoms with Crippen molar-refractivity contribution in [3.8, 4) is 22.3 Å². The number of hydrogen-bond donors (Lipinski definition) is 6. The van der Waals surface area contributed by atoms with E-state index < -0.39 is 65.6 Å². The number of fused-ring (bicyclic) bond motifs is 4. The first-order valence-electron chi connectivity index (χ1n) is 28.2. The predicted molar refractivity (Wildman–Crippen MR) is 322 cm³/mol. The van der Waals surface area contributed by atoms with Crippen LogP contribution in [0.2, 0.25) is 0 Å². The molecule has 3 amide bonds. The van der Waals surface area contributed by atoms with Gasteiger partial charge < -0.3 is 52.0 Å². The number of carbonyl (C=O) groups is 5. The average molecular weight is 1210 g/mol. The van der Waals surface area contributed by atoms with E-state index >= 15 is 0 Å². The van der Waals surface area contributed by atoms with Gasteiger partial charge in [-0.3, -0.25) is 14.4 Å². The third-order valence-corrected chi connectivity index (χ3v) is 14.3. The number of anilines is 2. The minimum atomic E-state index is -1.08. The summed E-state index contributed by atoms with van der Waals surface area (Å²) in [6.45, 7) is 13.8. The van der Waals surface area contributed by atoms with Crippen LogP contribution in [0.15, 0.2) is 109 Å². The molecule has 2 aliphatic rings. The number of halogens is 4. The molecular weight excluding hydrogens is 1140 g/mol. The Balaban J connectivity index is 0.000000187. The highest BCUT2D eigenvalue weighted by atomic mass is 19.2. The summed E-state index contributed by atoms with van der Waals surface area (Å²) in [4.78, 5) is 81.9. The molecule has 0 fully saturated rings. The highest BCUT2D eigenvalue weighted by Crippen LogP contribution is 2.35. The molecule has 2 atom stereocenters. The molecule has 6 aromatic carbocycles. The first-order chi connectivity index (χ1) is 41.7. The molecule has 0 saturated heterocycles. The maximum absolute atomic E-state index is 14.4. The van der Waals surface area contributed by atoms with E-state index in [0.29, 0.717) is 77.5 Å². The number of amides is 3. The molecule has 0 spiro atoms. The predicted octanol–water partition coefficient (Wildman–Crippen LogP) is 10.5. The van der Waals surface area contributed by atoms with E-state index in [1.807, 2.05) is 76.2 Å². The number of benzene rings is 6. The lowest BCUT2D eigenvalue weighted by Crippen LogP contribution is -2.44. The van der Waals surface area contributed by atoms with Gasteiger partial charge in [0.1, 0.15) is 35.7 Å². The van der Waals surface area contributed by atoms with Crippen LogP contribution in [-0.2, 0) is 58.5 Å². The van der Waals surface area contributed by atoms with Gasteiger partial charge in [0.05, 0.1) is 17.6 Å². The van der Waals surface area contributed by atoms with Crippen LogP contribution in [-0.4, -0.2) is 87.5 Å². The van der Waals surface area contributed by atoms with E-state index in [-0.39, 0.29) is 70.2 Å². The number of aliphatic hydroxyl groups is 1. The van der Waals surface area contributed by atoms with E-state index in [0.717, 1.165) is 46.5 Å². The van der Waals surface area contributed by atoms with Crippen molar-refractivity contribution in [3.63, 3.8) is 0 Å². The highest BCUT2D eigenvalue weighted by molar-refractivity contribution is 6.07. The Morgan fingerprint density at radius 1 is 0.602 bits per heavy atom. The summed E-state index contributed by atoms with van der Waals surface area (Å²) in [6.07, 6.45) is 0.116. The number of ether oxygens (including phenoxy) is 2. The number of nitrogen functional groups attached to an aromatic ring is 2. The number of carbonyl (C=O) groups excluding carboxylic acids is 4. The first-order valence-corrected chi connectivity index (χ1v) is 28.2. The largest absolute Gasteiger partial charge is 0.480 e. The lowest BCUT2D eigenvalue weighted by Gasteiger charge is -2.22. The molecule has 460 valence electrons. The van der Waals surface area contributed by atoms with Crippen molar-refractivity contribution < 1.29 is 61.2 Å². The Bertz CT molecular complexity index is 3920. The summed E-state index contributed by atoms with van der Waals surface area (Å²) < 4.78 is 66.6. The van der Waals surface area contributed by atoms with Crippen LogP contribution in [0.25, 0.3) is 44.1 Å². The summed E-state index contributed by atoms with van der Waals surface area (Å²) in [5.41, 5.74) is 24.5. The van der Waals surface area contributed by atoms with Crippen molar-refractivity contribution in [2.45, 2.75) is 118 Å². The van der Waals surface area contributed by atoms with Gasteiger partial charge in [-0.25, -0.2) is 47.1 Å². The van der Waals surface area contributed by atoms with Crippen molar-refractivity contribution in [1.29, 1.82) is 0 Å². The fourth-order valence-corrected chi connectivity index (χ4v) is 10.2. The number of carboxylic acids is 1. The fraction of sp³-hybridized carbons (Fsp3) is 0.308. The molecule has 0 radical (unpaired) electrons. The highest BCUT2D eigenvalue weighted by Gasteiger charge is 2.30. The fourth-order valence-electron chi connectivity index (χ4n) is 10.2. The van der Waals surface area contributed by atoms with E-state index in [1.54, 1.807) is 67.0 Å². The third kappa shape index (κ3) is 15.7. The quantitative estimate of drug-likeness (QED) is 0.0436. The average Bonchev–Trinajstić information content (AvgIpc) is 1.49. The van der Waals surface area contributed by atoms with Gasteiger partial charge in [0.25, 0.3) is 11.8 Å². The van der Waals surface area contributed by atoms with E-state index in [4.69, 9.17) is 31.8 Å². The van der Waals surface area contributed by atoms with E-state index in [9.17, 15) is 46.6 Å². The molecule has 0 saturated carbocycles. The second kappa shape index (κ2) is 27.4. The monoisotopic (exact) mass is 1210 g/mol. The van der Waals surface area contributed by atoms with Crippen LogP contribution >= 0.6 is 0 Å². The number of carboxylic acid groups (broad SMARTS) is 1. The van der Waals surface area contributed by atoms with Crippen LogP contribution in [0.3, 0.4) is 0 Å². The molecule has 10 rings (SSSR count). The summed E-state index contributed by atoms with van der Waals surface area (Å²) >= 11 is 0. The molecule has 0 bridgehead atoms. The Labute approximate surface area is 504 Å². The minimum absolute atomic E-state index is 0.0332. The zero-order valence-corrected chi connectivity index (χ0v) is 49.5. The van der Waals surface area contributed by atoms with Crippen molar-refractivity contribution in [3.05, 3.63) is 177 Å². The molecule has 9 N–H and O–H groups in total. The SMILES string of the molecule is CC(C)CC(N)C(=O)OCc1cc(F)c(F)cc1-c1ccc2nc(N)nc(C(=O)N3Cc4ccccc4C3)c2c1.CC(C)CC(NC(=O)OC(C)(C)C)C(=O)O.Nc1nc(C(=O)N2Cc3ccccc3C2)c2cc(-c3cc(F)c(F)cc3CO)ccc2n1. The molecule has 19 nitrogen and oxygen atoms in total. The van der Waals surface area contributed by atoms with Crippen molar-refractivity contribution in [2.24, 2.45) is 17.6 Å². The van der Waals surface area contributed by atoms with Crippen LogP contribution in [0.4, 0.5) is 34.3 Å². The van der Waals surface area contributed by atoms with Crippen LogP contribution < -0.4 is 22.5 Å². The number of alkyl carbamates (subject to hydrolysis) is 1. The lowest BCUT2D eigenvalue weighted by atomic mass is 9.97. The first kappa shape index (κ1) is 64.4. The summed E-state index contributed by atoms with van der Waals surface area (Å²) in [5.74, 6) is -6.24. The second-order valence-electron chi connectivity index (χ2n) is 23.2. The van der Waals surface area contributed by atoms with Gasteiger partial charge in [0.2, 0.25) is 11.9 Å². The maximum Gasteiger partial charge on any atom is 0.408 e. The molecule has 2 aromatic heterocycles. The summed E-state index contributed by atoms with van der Waals surface area (Å²) in [5, 5.41) is 21.7. The number of esters is 1. The molecular formula is C65H68F4N10O9. The number of aromatic nitrogens is 4. The van der Waals surface area contributed by atoms with Gasteiger partial charge in [-0.1, -0.05) is 88.4 Å². The minimum Gasteiger partial charge on any atom is -0.480 e. The molecule has 23 heteroatoms. The van der Waals surface area contributed by atoms with E-state index in [1.165, 1.54) is 0 Å². The summed E-state index contributed by atoms with van der Waals surface area (Å²) in [7, 11) is 0. The van der Waals surface area contributed by atoms with Crippen molar-refractivity contribution in [1.82, 2.24) is 35.1 Å². The zero-order chi connectivity index (χ0) is 63.9. The molecule has 0 aliphatic carbocycles. The molecule has 4 heterocycles. The standard InChI is InChI=1S/C30H29F2N5O3.C24H18F2N4O2.C11H21NO4/c1-16(2)9-25(33)29(39)40-15-20-11-23(31)24(32)12-21(20)17-7-8-26-22(10-17)27(36-30(34)35-26)28(38)37-13-18-5-3-4-6-19(18)14-37;25-19-8-16(12-31)17(9-20(19)26)13-5-6-21-18(7-13)22(29-24(27)28-21)23(32)30-10-14-3-1-2-4-15(14)11-30;1-7(2)6-8(9(13)14)12-10(15)16-11(3,4)5/h3-8,10-12,16,25H,9,13-15,33H2,1-2H3,(H2,34,35,36);1-9,31H,10-12H2,(H2,27,28,29);7-8H,6H2,1-5H3,(H,12,15)(H,13,14). The van der Waals surface area contributed by atoms with Crippen LogP contribution in [0.5, 0.6) is 0 Å². The Kier molecular flexibility index (Phi) is 20.0. The number of nitrogens with zero attached hydrogens (tertiary/aromatic N) is 6. The van der Waals surface area contributed by atoms with Gasteiger partial charge in [0, 0.05) is 42.5 Å². The third-order valence-electron chi connectivity index (χ3n) is 14.3. The number of aliphatic carboxylic acids is 1. The number of nitrogens with two attached hydrogens (primary N) is 3. The number of nitrogens with one attached hydrogen (secondary N) is 1. The Hall–Kier alpha value is -9.61. The van der Waals surface area contributed by atoms with Crippen LogP contribution in [0, 0.1) is 35.1 Å². The number of aliphatic hydroxyl groups excluding tert-OH is 1. The zero-order valence-electron chi connectivity index (χ0n) is 49.5. The lowest BCUT2D eigenvalue weighted by molar-refractivity contribution is -0.147. The normalized spacial score (nSPS) is 13.3. The Morgan fingerprint density at radius 3 is 1.41 bits per heavy atom. The molecule has 88 heavy (non-hydrogen) atoms. The second-order valence-corrected chi connectivity index (χ2v) is 23.2. The maximum atomic E-state index is 14.4. The topological polar surface area (TPSA) is 292 Å². The molecule has 2 unspecified atom stereocenters. The van der Waals surface area contributed by atoms with Gasteiger partial charge in [-0.2, -0.15) is 0 Å².